The molecular weight excluding hydrogens is 370 g/mol. The number of halogens is 2. The number of amides is 1. The number of carbonyl (C=O) groups excluding carboxylic acids is 2. The summed E-state index contributed by atoms with van der Waals surface area (Å²) in [5.41, 5.74) is 1.33. The predicted molar refractivity (Wildman–Crippen MR) is 88.1 cm³/mol. The first-order chi connectivity index (χ1) is 10.5. The molecule has 0 saturated heterocycles. The zero-order valence-electron chi connectivity index (χ0n) is 11.7. The Morgan fingerprint density at radius 2 is 1.86 bits per heavy atom. The molecule has 0 spiro atoms. The molecule has 0 fully saturated rings. The molecule has 1 amide bonds. The Bertz CT molecular complexity index is 701. The lowest BCUT2D eigenvalue weighted by Gasteiger charge is -2.07. The molecule has 0 aliphatic rings. The van der Waals surface area contributed by atoms with Gasteiger partial charge in [0.1, 0.15) is 5.75 Å². The Kier molecular flexibility index (Phi) is 5.57. The van der Waals surface area contributed by atoms with E-state index in [0.717, 1.165) is 5.56 Å². The van der Waals surface area contributed by atoms with Gasteiger partial charge in [-0.05, 0) is 51.8 Å². The highest BCUT2D eigenvalue weighted by molar-refractivity contribution is 9.10. The molecule has 2 rings (SSSR count). The van der Waals surface area contributed by atoms with Crippen molar-refractivity contribution in [2.45, 2.75) is 13.5 Å². The summed E-state index contributed by atoms with van der Waals surface area (Å²) in [6.45, 7) is 1.88. The third-order valence-corrected chi connectivity index (χ3v) is 3.68. The molecule has 22 heavy (non-hydrogen) atoms. The van der Waals surface area contributed by atoms with Crippen LogP contribution in [0.2, 0.25) is 5.02 Å². The Morgan fingerprint density at radius 1 is 1.18 bits per heavy atom. The molecule has 2 aromatic rings. The Labute approximate surface area is 141 Å². The molecule has 0 aromatic heterocycles. The van der Waals surface area contributed by atoms with Crippen molar-refractivity contribution in [3.8, 4) is 5.75 Å². The van der Waals surface area contributed by atoms with Gasteiger partial charge in [0.05, 0.1) is 10.0 Å². The quantitative estimate of drug-likeness (QED) is 0.643. The largest absolute Gasteiger partial charge is 0.422 e. The highest BCUT2D eigenvalue weighted by atomic mass is 79.9. The average Bonchev–Trinajstić information content (AvgIpc) is 2.48. The maximum Gasteiger partial charge on any atom is 0.343 e. The molecule has 0 bridgehead atoms. The molecule has 0 radical (unpaired) electrons. The van der Waals surface area contributed by atoms with Gasteiger partial charge in [-0.1, -0.05) is 23.7 Å². The fraction of sp³-hybridized carbons (Fsp3) is 0.125. The van der Waals surface area contributed by atoms with Crippen molar-refractivity contribution in [3.05, 3.63) is 63.1 Å². The third-order valence-electron chi connectivity index (χ3n) is 2.83. The van der Waals surface area contributed by atoms with Crippen molar-refractivity contribution < 1.29 is 14.3 Å². The van der Waals surface area contributed by atoms with Crippen LogP contribution in [0.15, 0.2) is 46.9 Å². The van der Waals surface area contributed by atoms with E-state index in [0.29, 0.717) is 27.4 Å². The van der Waals surface area contributed by atoms with E-state index in [9.17, 15) is 9.59 Å². The van der Waals surface area contributed by atoms with E-state index in [1.54, 1.807) is 42.5 Å². The smallest absolute Gasteiger partial charge is 0.343 e. The summed E-state index contributed by atoms with van der Waals surface area (Å²) in [7, 11) is 0. The molecule has 0 saturated carbocycles. The molecular formula is C16H13BrClNO3. The van der Waals surface area contributed by atoms with Crippen molar-refractivity contribution in [1.82, 2.24) is 5.32 Å². The van der Waals surface area contributed by atoms with Crippen LogP contribution < -0.4 is 10.1 Å². The number of hydrogen-bond acceptors (Lipinski definition) is 3. The van der Waals surface area contributed by atoms with Crippen LogP contribution >= 0.6 is 27.5 Å². The second-order valence-electron chi connectivity index (χ2n) is 4.57. The highest BCUT2D eigenvalue weighted by Crippen LogP contribution is 2.28. The SMILES string of the molecule is CC(=O)NCc1ccc(C(=O)Oc2ccc(Cl)cc2Br)cc1. The molecule has 0 aliphatic carbocycles. The van der Waals surface area contributed by atoms with Crippen LogP contribution in [0.3, 0.4) is 0 Å². The number of rotatable bonds is 4. The van der Waals surface area contributed by atoms with Crippen molar-refractivity contribution in [3.63, 3.8) is 0 Å². The molecule has 114 valence electrons. The molecule has 4 nitrogen and oxygen atoms in total. The minimum atomic E-state index is -0.464. The predicted octanol–water partition coefficient (Wildman–Crippen LogP) is 3.96. The number of hydrogen-bond donors (Lipinski definition) is 1. The van der Waals surface area contributed by atoms with E-state index >= 15 is 0 Å². The summed E-state index contributed by atoms with van der Waals surface area (Å²) in [5, 5.41) is 3.24. The maximum absolute atomic E-state index is 12.1. The zero-order chi connectivity index (χ0) is 16.1. The van der Waals surface area contributed by atoms with E-state index in [2.05, 4.69) is 21.2 Å². The molecule has 1 N–H and O–H groups in total. The summed E-state index contributed by atoms with van der Waals surface area (Å²) in [4.78, 5) is 22.9. The number of carbonyl (C=O) groups is 2. The van der Waals surface area contributed by atoms with E-state index in [-0.39, 0.29) is 5.91 Å². The molecule has 6 heteroatoms. The van der Waals surface area contributed by atoms with Gasteiger partial charge in [0.15, 0.2) is 0 Å². The van der Waals surface area contributed by atoms with Crippen molar-refractivity contribution in [1.29, 1.82) is 0 Å². The number of ether oxygens (including phenoxy) is 1. The van der Waals surface area contributed by atoms with Crippen LogP contribution in [0.25, 0.3) is 0 Å². The first-order valence-corrected chi connectivity index (χ1v) is 7.63. The topological polar surface area (TPSA) is 55.4 Å². The lowest BCUT2D eigenvalue weighted by atomic mass is 10.1. The minimum Gasteiger partial charge on any atom is -0.422 e. The lowest BCUT2D eigenvalue weighted by molar-refractivity contribution is -0.119. The second kappa shape index (κ2) is 7.42. The summed E-state index contributed by atoms with van der Waals surface area (Å²) < 4.78 is 5.92. The van der Waals surface area contributed by atoms with E-state index in [4.69, 9.17) is 16.3 Å². The van der Waals surface area contributed by atoms with Crippen LogP contribution in [0.5, 0.6) is 5.75 Å². The minimum absolute atomic E-state index is 0.101. The van der Waals surface area contributed by atoms with E-state index < -0.39 is 5.97 Å². The number of esters is 1. The van der Waals surface area contributed by atoms with Crippen LogP contribution in [0, 0.1) is 0 Å². The van der Waals surface area contributed by atoms with E-state index in [1.807, 2.05) is 0 Å². The lowest BCUT2D eigenvalue weighted by Crippen LogP contribution is -2.19. The third kappa shape index (κ3) is 4.58. The monoisotopic (exact) mass is 381 g/mol. The van der Waals surface area contributed by atoms with Crippen LogP contribution in [-0.2, 0) is 11.3 Å². The van der Waals surface area contributed by atoms with Gasteiger partial charge in [0.2, 0.25) is 5.91 Å². The van der Waals surface area contributed by atoms with E-state index in [1.165, 1.54) is 6.92 Å². The Balaban J connectivity index is 2.04. The molecule has 0 unspecified atom stereocenters. The Hall–Kier alpha value is -1.85. The summed E-state index contributed by atoms with van der Waals surface area (Å²) in [6.07, 6.45) is 0. The van der Waals surface area contributed by atoms with Gasteiger partial charge < -0.3 is 10.1 Å². The number of nitrogens with one attached hydrogen (secondary N) is 1. The van der Waals surface area contributed by atoms with Gasteiger partial charge in [0, 0.05) is 18.5 Å². The van der Waals surface area contributed by atoms with Gasteiger partial charge in [-0.3, -0.25) is 4.79 Å². The van der Waals surface area contributed by atoms with Crippen molar-refractivity contribution in [2.75, 3.05) is 0 Å². The van der Waals surface area contributed by atoms with Crippen LogP contribution in [-0.4, -0.2) is 11.9 Å². The molecule has 0 aliphatic heterocycles. The van der Waals surface area contributed by atoms with Gasteiger partial charge in [0.25, 0.3) is 0 Å². The second-order valence-corrected chi connectivity index (χ2v) is 5.86. The number of benzene rings is 2. The highest BCUT2D eigenvalue weighted by Gasteiger charge is 2.11. The molecule has 0 heterocycles. The average molecular weight is 383 g/mol. The Morgan fingerprint density at radius 3 is 2.45 bits per heavy atom. The van der Waals surface area contributed by atoms with Crippen molar-refractivity contribution in [2.24, 2.45) is 0 Å². The van der Waals surface area contributed by atoms with Gasteiger partial charge in [-0.2, -0.15) is 0 Å². The zero-order valence-corrected chi connectivity index (χ0v) is 14.1. The first kappa shape index (κ1) is 16.5. The first-order valence-electron chi connectivity index (χ1n) is 6.46. The summed E-state index contributed by atoms with van der Waals surface area (Å²) in [6, 6.07) is 11.8. The van der Waals surface area contributed by atoms with Crippen molar-refractivity contribution >= 4 is 39.4 Å². The fourth-order valence-electron chi connectivity index (χ4n) is 1.70. The maximum atomic E-state index is 12.1. The van der Waals surface area contributed by atoms with Crippen LogP contribution in [0.1, 0.15) is 22.8 Å². The summed E-state index contributed by atoms with van der Waals surface area (Å²) in [5.74, 6) is -0.165. The standard InChI is InChI=1S/C16H13BrClNO3/c1-10(20)19-9-11-2-4-12(5-3-11)16(21)22-15-7-6-13(18)8-14(15)17/h2-8H,9H2,1H3,(H,19,20). The molecule has 2 aromatic carbocycles. The summed E-state index contributed by atoms with van der Waals surface area (Å²) >= 11 is 9.13. The fourth-order valence-corrected chi connectivity index (χ4v) is 2.47. The van der Waals surface area contributed by atoms with Gasteiger partial charge in [-0.25, -0.2) is 4.79 Å². The van der Waals surface area contributed by atoms with Gasteiger partial charge in [-0.15, -0.1) is 0 Å². The molecule has 0 atom stereocenters. The van der Waals surface area contributed by atoms with Gasteiger partial charge >= 0.3 is 5.97 Å². The van der Waals surface area contributed by atoms with Crippen LogP contribution in [0.4, 0.5) is 0 Å². The normalized spacial score (nSPS) is 10.1.